The summed E-state index contributed by atoms with van der Waals surface area (Å²) in [7, 11) is 0. The zero-order chi connectivity index (χ0) is 17.1. The van der Waals surface area contributed by atoms with Crippen molar-refractivity contribution >= 4 is 0 Å². The summed E-state index contributed by atoms with van der Waals surface area (Å²) in [6.45, 7) is 2.61. The van der Waals surface area contributed by atoms with Gasteiger partial charge >= 0.3 is 0 Å². The summed E-state index contributed by atoms with van der Waals surface area (Å²) in [5.41, 5.74) is 0. The molecule has 5 atom stereocenters. The van der Waals surface area contributed by atoms with E-state index in [4.69, 9.17) is 19.3 Å². The SMILES string of the molecule is CCCCCCCCO[C@H]1O[C@H](COCCO)[C@@H](O)[C@H](O)[C@H]1O. The molecule has 0 aromatic carbocycles. The van der Waals surface area contributed by atoms with Crippen molar-refractivity contribution in [3.8, 4) is 0 Å². The van der Waals surface area contributed by atoms with Crippen LogP contribution in [0.1, 0.15) is 45.4 Å². The van der Waals surface area contributed by atoms with Gasteiger partial charge in [0.05, 0.1) is 19.8 Å². The Hall–Kier alpha value is -0.280. The lowest BCUT2D eigenvalue weighted by molar-refractivity contribution is -0.303. The van der Waals surface area contributed by atoms with Crippen LogP contribution in [0, 0.1) is 0 Å². The molecule has 0 unspecified atom stereocenters. The Kier molecular flexibility index (Phi) is 11.0. The van der Waals surface area contributed by atoms with Crippen LogP contribution < -0.4 is 0 Å². The second-order valence-corrected chi connectivity index (χ2v) is 5.95. The van der Waals surface area contributed by atoms with Gasteiger partial charge in [0.2, 0.25) is 0 Å². The van der Waals surface area contributed by atoms with Crippen LogP contribution in [0.4, 0.5) is 0 Å². The number of aliphatic hydroxyl groups excluding tert-OH is 4. The van der Waals surface area contributed by atoms with E-state index in [1.54, 1.807) is 0 Å². The first-order valence-electron chi connectivity index (χ1n) is 8.61. The first kappa shape index (κ1) is 20.8. The number of aliphatic hydroxyl groups is 4. The highest BCUT2D eigenvalue weighted by atomic mass is 16.7. The van der Waals surface area contributed by atoms with Crippen LogP contribution in [0.15, 0.2) is 0 Å². The smallest absolute Gasteiger partial charge is 0.186 e. The predicted molar refractivity (Wildman–Crippen MR) is 83.9 cm³/mol. The molecule has 0 amide bonds. The van der Waals surface area contributed by atoms with Gasteiger partial charge in [-0.15, -0.1) is 0 Å². The van der Waals surface area contributed by atoms with Gasteiger partial charge in [0, 0.05) is 6.61 Å². The van der Waals surface area contributed by atoms with Gasteiger partial charge in [0.15, 0.2) is 6.29 Å². The normalized spacial score (nSPS) is 31.4. The van der Waals surface area contributed by atoms with Crippen LogP contribution in [-0.4, -0.2) is 77.6 Å². The average molecular weight is 336 g/mol. The van der Waals surface area contributed by atoms with E-state index in [9.17, 15) is 15.3 Å². The quantitative estimate of drug-likeness (QED) is 0.376. The molecule has 4 N–H and O–H groups in total. The van der Waals surface area contributed by atoms with E-state index in [0.717, 1.165) is 19.3 Å². The summed E-state index contributed by atoms with van der Waals surface area (Å²) >= 11 is 0. The van der Waals surface area contributed by atoms with Crippen molar-refractivity contribution in [3.63, 3.8) is 0 Å². The molecule has 1 fully saturated rings. The molecule has 0 aromatic heterocycles. The van der Waals surface area contributed by atoms with Crippen molar-refractivity contribution in [2.75, 3.05) is 26.4 Å². The molecule has 7 heteroatoms. The maximum atomic E-state index is 9.93. The highest BCUT2D eigenvalue weighted by molar-refractivity contribution is 4.89. The predicted octanol–water partition coefficient (Wildman–Crippen LogP) is 0.180. The molecule has 0 radical (unpaired) electrons. The number of unbranched alkanes of at least 4 members (excludes halogenated alkanes) is 5. The van der Waals surface area contributed by atoms with Gasteiger partial charge < -0.3 is 34.6 Å². The molecule has 0 aliphatic carbocycles. The Labute approximate surface area is 138 Å². The minimum atomic E-state index is -1.35. The molecule has 23 heavy (non-hydrogen) atoms. The fraction of sp³-hybridized carbons (Fsp3) is 1.00. The molecular formula is C16H32O7. The summed E-state index contributed by atoms with van der Waals surface area (Å²) < 4.78 is 16.1. The van der Waals surface area contributed by atoms with Gasteiger partial charge in [0.1, 0.15) is 24.4 Å². The monoisotopic (exact) mass is 336 g/mol. The minimum Gasteiger partial charge on any atom is -0.394 e. The van der Waals surface area contributed by atoms with Gasteiger partial charge in [-0.25, -0.2) is 0 Å². The second kappa shape index (κ2) is 12.1. The number of rotatable bonds is 12. The topological polar surface area (TPSA) is 109 Å². The third kappa shape index (κ3) is 7.43. The van der Waals surface area contributed by atoms with Crippen LogP contribution >= 0.6 is 0 Å². The molecule has 1 aliphatic rings. The fourth-order valence-corrected chi connectivity index (χ4v) is 2.54. The van der Waals surface area contributed by atoms with Crippen molar-refractivity contribution in [2.24, 2.45) is 0 Å². The van der Waals surface area contributed by atoms with Crippen LogP contribution in [0.25, 0.3) is 0 Å². The van der Waals surface area contributed by atoms with E-state index < -0.39 is 30.7 Å². The standard InChI is InChI=1S/C16H32O7/c1-2-3-4-5-6-7-9-22-16-15(20)14(19)13(18)12(23-16)11-21-10-8-17/h12-20H,2-11H2,1H3/t12-,13-,14+,15-,16+/m1/s1. The molecule has 138 valence electrons. The van der Waals surface area contributed by atoms with Gasteiger partial charge in [-0.1, -0.05) is 39.0 Å². The van der Waals surface area contributed by atoms with Crippen molar-refractivity contribution in [1.82, 2.24) is 0 Å². The minimum absolute atomic E-state index is 0.0163. The summed E-state index contributed by atoms with van der Waals surface area (Å²) in [6.07, 6.45) is 1.07. The van der Waals surface area contributed by atoms with E-state index in [1.165, 1.54) is 19.3 Å². The van der Waals surface area contributed by atoms with Crippen LogP contribution in [-0.2, 0) is 14.2 Å². The molecule has 1 aliphatic heterocycles. The molecule has 1 heterocycles. The van der Waals surface area contributed by atoms with E-state index in [-0.39, 0.29) is 19.8 Å². The van der Waals surface area contributed by atoms with E-state index in [0.29, 0.717) is 6.61 Å². The Bertz CT molecular complexity index is 290. The van der Waals surface area contributed by atoms with Gasteiger partial charge in [-0.2, -0.15) is 0 Å². The highest BCUT2D eigenvalue weighted by Crippen LogP contribution is 2.22. The van der Waals surface area contributed by atoms with Gasteiger partial charge in [-0.3, -0.25) is 0 Å². The maximum absolute atomic E-state index is 9.93. The lowest BCUT2D eigenvalue weighted by atomic mass is 9.99. The summed E-state index contributed by atoms with van der Waals surface area (Å²) in [5, 5.41) is 38.4. The summed E-state index contributed by atoms with van der Waals surface area (Å²) in [4.78, 5) is 0. The molecular weight excluding hydrogens is 304 g/mol. The third-order valence-corrected chi connectivity index (χ3v) is 3.97. The van der Waals surface area contributed by atoms with Crippen LogP contribution in [0.2, 0.25) is 0 Å². The van der Waals surface area contributed by atoms with Crippen molar-refractivity contribution < 1.29 is 34.6 Å². The molecule has 1 rings (SSSR count). The Balaban J connectivity index is 2.29. The molecule has 7 nitrogen and oxygen atoms in total. The third-order valence-electron chi connectivity index (χ3n) is 3.97. The number of ether oxygens (including phenoxy) is 3. The maximum Gasteiger partial charge on any atom is 0.186 e. The largest absolute Gasteiger partial charge is 0.394 e. The summed E-state index contributed by atoms with van der Waals surface area (Å²) in [6, 6.07) is 0. The number of hydrogen-bond donors (Lipinski definition) is 4. The van der Waals surface area contributed by atoms with Gasteiger partial charge in [-0.05, 0) is 6.42 Å². The molecule has 1 saturated heterocycles. The molecule has 0 spiro atoms. The highest BCUT2D eigenvalue weighted by Gasteiger charge is 2.44. The first-order valence-corrected chi connectivity index (χ1v) is 8.61. The van der Waals surface area contributed by atoms with Gasteiger partial charge in [0.25, 0.3) is 0 Å². The molecule has 0 bridgehead atoms. The van der Waals surface area contributed by atoms with Crippen LogP contribution in [0.3, 0.4) is 0 Å². The average Bonchev–Trinajstić information content (AvgIpc) is 2.55. The second-order valence-electron chi connectivity index (χ2n) is 5.95. The van der Waals surface area contributed by atoms with E-state index >= 15 is 0 Å². The summed E-state index contributed by atoms with van der Waals surface area (Å²) in [5.74, 6) is 0. The van der Waals surface area contributed by atoms with E-state index in [2.05, 4.69) is 6.92 Å². The van der Waals surface area contributed by atoms with Crippen molar-refractivity contribution in [3.05, 3.63) is 0 Å². The van der Waals surface area contributed by atoms with E-state index in [1.807, 2.05) is 0 Å². The molecule has 0 aromatic rings. The van der Waals surface area contributed by atoms with Crippen molar-refractivity contribution in [1.29, 1.82) is 0 Å². The zero-order valence-corrected chi connectivity index (χ0v) is 14.0. The first-order chi connectivity index (χ1) is 11.1. The fourth-order valence-electron chi connectivity index (χ4n) is 2.54. The lowest BCUT2D eigenvalue weighted by Crippen LogP contribution is -2.59. The Morgan fingerprint density at radius 3 is 2.26 bits per heavy atom. The lowest BCUT2D eigenvalue weighted by Gasteiger charge is -2.40. The zero-order valence-electron chi connectivity index (χ0n) is 14.0. The number of hydrogen-bond acceptors (Lipinski definition) is 7. The Morgan fingerprint density at radius 1 is 0.870 bits per heavy atom. The Morgan fingerprint density at radius 2 is 1.57 bits per heavy atom. The van der Waals surface area contributed by atoms with Crippen molar-refractivity contribution in [2.45, 2.75) is 76.2 Å². The van der Waals surface area contributed by atoms with Crippen LogP contribution in [0.5, 0.6) is 0 Å². The molecule has 0 saturated carbocycles.